The van der Waals surface area contributed by atoms with Gasteiger partial charge in [0.2, 0.25) is 15.9 Å². The Bertz CT molecular complexity index is 921. The normalized spacial score (nSPS) is 14.8. The maximum atomic E-state index is 12.4. The summed E-state index contributed by atoms with van der Waals surface area (Å²) in [5.74, 6) is 0.589. The Morgan fingerprint density at radius 2 is 2.04 bits per heavy atom. The van der Waals surface area contributed by atoms with Crippen molar-refractivity contribution >= 4 is 32.4 Å². The minimum Gasteiger partial charge on any atom is -0.497 e. The summed E-state index contributed by atoms with van der Waals surface area (Å²) in [4.78, 5) is 17.6. The van der Waals surface area contributed by atoms with Gasteiger partial charge >= 0.3 is 0 Å². The van der Waals surface area contributed by atoms with E-state index in [1.54, 1.807) is 21.0 Å². The molecule has 9 heteroatoms. The lowest BCUT2D eigenvalue weighted by Gasteiger charge is -2.26. The number of nitrogens with zero attached hydrogens (tertiary/aromatic N) is 2. The second-order valence-corrected chi connectivity index (χ2v) is 10.2. The SMILES string of the molecule is COc1ccc(CC(=O)Nc2nc3c(s2)CN(S(=O)(=O)C(C)C)CC3)cc1. The van der Waals surface area contributed by atoms with Gasteiger partial charge in [-0.3, -0.25) is 4.79 Å². The number of hydrogen-bond donors (Lipinski definition) is 1. The predicted octanol–water partition coefficient (Wildman–Crippen LogP) is 2.43. The number of anilines is 1. The highest BCUT2D eigenvalue weighted by molar-refractivity contribution is 7.89. The number of benzene rings is 1. The van der Waals surface area contributed by atoms with E-state index in [1.807, 2.05) is 24.3 Å². The molecule has 0 aliphatic carbocycles. The number of methoxy groups -OCH3 is 1. The second kappa shape index (κ2) is 7.95. The first-order valence-electron chi connectivity index (χ1n) is 8.70. The number of fused-ring (bicyclic) bond motifs is 1. The molecule has 1 aromatic heterocycles. The molecule has 0 saturated heterocycles. The number of ether oxygens (including phenoxy) is 1. The Morgan fingerprint density at radius 1 is 1.33 bits per heavy atom. The lowest BCUT2D eigenvalue weighted by atomic mass is 10.1. The average Bonchev–Trinajstić information content (AvgIpc) is 3.03. The first-order valence-corrected chi connectivity index (χ1v) is 11.0. The van der Waals surface area contributed by atoms with Crippen LogP contribution in [0, 0.1) is 0 Å². The first kappa shape index (κ1) is 19.8. The van der Waals surface area contributed by atoms with Crippen LogP contribution < -0.4 is 10.1 Å². The second-order valence-electron chi connectivity index (χ2n) is 6.64. The van der Waals surface area contributed by atoms with E-state index in [1.165, 1.54) is 15.6 Å². The number of hydrogen-bond acceptors (Lipinski definition) is 6. The lowest BCUT2D eigenvalue weighted by molar-refractivity contribution is -0.115. The van der Waals surface area contributed by atoms with Crippen LogP contribution in [0.1, 0.15) is 30.0 Å². The largest absolute Gasteiger partial charge is 0.497 e. The van der Waals surface area contributed by atoms with Crippen molar-refractivity contribution in [2.45, 2.75) is 38.5 Å². The van der Waals surface area contributed by atoms with E-state index in [0.717, 1.165) is 21.9 Å². The van der Waals surface area contributed by atoms with Crippen LogP contribution in [0.5, 0.6) is 5.75 Å². The highest BCUT2D eigenvalue weighted by Gasteiger charge is 2.31. The Labute approximate surface area is 163 Å². The van der Waals surface area contributed by atoms with E-state index in [2.05, 4.69) is 10.3 Å². The quantitative estimate of drug-likeness (QED) is 0.792. The van der Waals surface area contributed by atoms with Crippen molar-refractivity contribution in [2.75, 3.05) is 19.0 Å². The van der Waals surface area contributed by atoms with Gasteiger partial charge in [0.15, 0.2) is 5.13 Å². The molecule has 0 unspecified atom stereocenters. The zero-order valence-corrected chi connectivity index (χ0v) is 17.2. The molecule has 1 aliphatic heterocycles. The van der Waals surface area contributed by atoms with Crippen LogP contribution >= 0.6 is 11.3 Å². The molecular formula is C18H23N3O4S2. The summed E-state index contributed by atoms with van der Waals surface area (Å²) in [6, 6.07) is 7.32. The molecule has 0 bridgehead atoms. The third kappa shape index (κ3) is 4.48. The number of thiazole rings is 1. The van der Waals surface area contributed by atoms with E-state index in [4.69, 9.17) is 4.74 Å². The van der Waals surface area contributed by atoms with E-state index in [-0.39, 0.29) is 12.3 Å². The molecule has 0 spiro atoms. The van der Waals surface area contributed by atoms with Gasteiger partial charge in [0, 0.05) is 24.4 Å². The summed E-state index contributed by atoms with van der Waals surface area (Å²) in [7, 11) is -1.69. The Kier molecular flexibility index (Phi) is 5.83. The molecule has 146 valence electrons. The predicted molar refractivity (Wildman–Crippen MR) is 106 cm³/mol. The van der Waals surface area contributed by atoms with Crippen LogP contribution in [-0.4, -0.2) is 42.5 Å². The zero-order valence-electron chi connectivity index (χ0n) is 15.6. The standard InChI is InChI=1S/C18H23N3O4S2/c1-12(2)27(23,24)21-9-8-15-16(11-21)26-18(19-15)20-17(22)10-13-4-6-14(25-3)7-5-13/h4-7,12H,8-11H2,1-3H3,(H,19,20,22). The first-order chi connectivity index (χ1) is 12.8. The van der Waals surface area contributed by atoms with Gasteiger partial charge in [-0.1, -0.05) is 12.1 Å². The molecule has 7 nitrogen and oxygen atoms in total. The molecule has 0 radical (unpaired) electrons. The smallest absolute Gasteiger partial charge is 0.230 e. The Hall–Kier alpha value is -1.97. The number of amides is 1. The lowest BCUT2D eigenvalue weighted by Crippen LogP contribution is -2.39. The molecule has 1 aliphatic rings. The van der Waals surface area contributed by atoms with Crippen LogP contribution in [0.4, 0.5) is 5.13 Å². The Balaban J connectivity index is 1.64. The van der Waals surface area contributed by atoms with E-state index in [0.29, 0.717) is 24.6 Å². The van der Waals surface area contributed by atoms with Gasteiger partial charge in [-0.15, -0.1) is 11.3 Å². The van der Waals surface area contributed by atoms with Gasteiger partial charge in [0.05, 0.1) is 24.5 Å². The van der Waals surface area contributed by atoms with Crippen LogP contribution in [-0.2, 0) is 34.2 Å². The highest BCUT2D eigenvalue weighted by atomic mass is 32.2. The number of sulfonamides is 1. The van der Waals surface area contributed by atoms with Gasteiger partial charge in [0.1, 0.15) is 5.75 Å². The van der Waals surface area contributed by atoms with Gasteiger partial charge in [0.25, 0.3) is 0 Å². The van der Waals surface area contributed by atoms with Gasteiger partial charge in [-0.2, -0.15) is 4.31 Å². The summed E-state index contributed by atoms with van der Waals surface area (Å²) < 4.78 is 31.3. The molecule has 0 fully saturated rings. The fourth-order valence-electron chi connectivity index (χ4n) is 2.83. The molecule has 3 rings (SSSR count). The zero-order chi connectivity index (χ0) is 19.6. The third-order valence-electron chi connectivity index (χ3n) is 4.42. The highest BCUT2D eigenvalue weighted by Crippen LogP contribution is 2.30. The van der Waals surface area contributed by atoms with Crippen molar-refractivity contribution in [2.24, 2.45) is 0 Å². The van der Waals surface area contributed by atoms with Gasteiger partial charge in [-0.05, 0) is 31.5 Å². The van der Waals surface area contributed by atoms with Gasteiger partial charge in [-0.25, -0.2) is 13.4 Å². The fourth-order valence-corrected chi connectivity index (χ4v) is 5.21. The molecule has 2 heterocycles. The minimum absolute atomic E-state index is 0.155. The van der Waals surface area contributed by atoms with Crippen LogP contribution in [0.15, 0.2) is 24.3 Å². The van der Waals surface area contributed by atoms with Crippen LogP contribution in [0.25, 0.3) is 0 Å². The third-order valence-corrected chi connectivity index (χ3v) is 7.64. The van der Waals surface area contributed by atoms with Crippen LogP contribution in [0.3, 0.4) is 0 Å². The number of nitrogens with one attached hydrogen (secondary N) is 1. The van der Waals surface area contributed by atoms with Crippen LogP contribution in [0.2, 0.25) is 0 Å². The summed E-state index contributed by atoms with van der Waals surface area (Å²) in [6.07, 6.45) is 0.800. The molecule has 1 amide bonds. The molecule has 1 aromatic carbocycles. The summed E-state index contributed by atoms with van der Waals surface area (Å²) in [6.45, 7) is 4.11. The fraction of sp³-hybridized carbons (Fsp3) is 0.444. The number of aromatic nitrogens is 1. The maximum absolute atomic E-state index is 12.4. The van der Waals surface area contributed by atoms with Crippen molar-refractivity contribution < 1.29 is 17.9 Å². The van der Waals surface area contributed by atoms with E-state index >= 15 is 0 Å². The van der Waals surface area contributed by atoms with Crippen molar-refractivity contribution in [1.29, 1.82) is 0 Å². The number of carbonyl (C=O) groups is 1. The molecule has 0 atom stereocenters. The van der Waals surface area contributed by atoms with Crippen molar-refractivity contribution in [3.63, 3.8) is 0 Å². The van der Waals surface area contributed by atoms with Crippen molar-refractivity contribution in [3.05, 3.63) is 40.4 Å². The average molecular weight is 410 g/mol. The summed E-state index contributed by atoms with van der Waals surface area (Å²) >= 11 is 1.34. The molecule has 27 heavy (non-hydrogen) atoms. The number of carbonyl (C=O) groups excluding carboxylic acids is 1. The van der Waals surface area contributed by atoms with E-state index < -0.39 is 15.3 Å². The Morgan fingerprint density at radius 3 is 2.67 bits per heavy atom. The topological polar surface area (TPSA) is 88.6 Å². The van der Waals surface area contributed by atoms with Crippen molar-refractivity contribution in [3.8, 4) is 5.75 Å². The van der Waals surface area contributed by atoms with Gasteiger partial charge < -0.3 is 10.1 Å². The molecule has 0 saturated carbocycles. The number of rotatable bonds is 6. The molecule has 2 aromatic rings. The maximum Gasteiger partial charge on any atom is 0.230 e. The van der Waals surface area contributed by atoms with E-state index in [9.17, 15) is 13.2 Å². The summed E-state index contributed by atoms with van der Waals surface area (Å²) in [5, 5.41) is 2.89. The van der Waals surface area contributed by atoms with Crippen molar-refractivity contribution in [1.82, 2.24) is 9.29 Å². The monoisotopic (exact) mass is 409 g/mol. The molecule has 1 N–H and O–H groups in total. The summed E-state index contributed by atoms with van der Waals surface area (Å²) in [5.41, 5.74) is 1.75. The minimum atomic E-state index is -3.29. The molecular weight excluding hydrogens is 386 g/mol.